The van der Waals surface area contributed by atoms with Crippen LogP contribution >= 0.6 is 11.3 Å². The number of pyridine rings is 1. The Morgan fingerprint density at radius 3 is 2.60 bits per heavy atom. The molecule has 3 N–H and O–H groups in total. The molecule has 1 aromatic carbocycles. The number of hydrogen-bond donors (Lipinski definition) is 3. The maximum atomic E-state index is 11.0. The minimum Gasteiger partial charge on any atom is -0.494 e. The molecule has 0 saturated carbocycles. The van der Waals surface area contributed by atoms with Crippen molar-refractivity contribution in [3.63, 3.8) is 0 Å². The number of carbonyl (C=O) groups excluding carboxylic acids is 1. The molecule has 0 aliphatic carbocycles. The zero-order chi connectivity index (χ0) is 21.3. The van der Waals surface area contributed by atoms with Crippen molar-refractivity contribution in [1.29, 1.82) is 0 Å². The number of aromatic carboxylic acids is 1. The summed E-state index contributed by atoms with van der Waals surface area (Å²) in [7, 11) is 0. The molecule has 2 heterocycles. The number of anilines is 1. The molecule has 30 heavy (non-hydrogen) atoms. The molecule has 156 valence electrons. The lowest BCUT2D eigenvalue weighted by Crippen LogP contribution is -2.17. The molecule has 3 aromatic rings. The molecule has 0 bridgehead atoms. The number of carboxylic acids is 1. The van der Waals surface area contributed by atoms with E-state index in [1.54, 1.807) is 24.3 Å². The summed E-state index contributed by atoms with van der Waals surface area (Å²) in [6, 6.07) is 16.4. The first-order chi connectivity index (χ1) is 14.5. The van der Waals surface area contributed by atoms with Crippen molar-refractivity contribution >= 4 is 28.9 Å². The van der Waals surface area contributed by atoms with Crippen LogP contribution in [0.15, 0.2) is 54.6 Å². The highest BCUT2D eigenvalue weighted by Gasteiger charge is 2.09. The van der Waals surface area contributed by atoms with Crippen molar-refractivity contribution in [2.24, 2.45) is 0 Å². The summed E-state index contributed by atoms with van der Waals surface area (Å²) in [4.78, 5) is 27.8. The van der Waals surface area contributed by atoms with E-state index >= 15 is 0 Å². The summed E-state index contributed by atoms with van der Waals surface area (Å²) in [6.45, 7) is 3.45. The van der Waals surface area contributed by atoms with Crippen molar-refractivity contribution in [2.45, 2.75) is 19.9 Å². The third kappa shape index (κ3) is 6.40. The number of nitrogens with one attached hydrogen (secondary N) is 2. The predicted octanol–water partition coefficient (Wildman–Crippen LogP) is 4.03. The lowest BCUT2D eigenvalue weighted by Gasteiger charge is -2.09. The molecule has 8 heteroatoms. The number of nitrogens with zero attached hydrogens (tertiary/aromatic N) is 1. The average molecular weight is 426 g/mol. The lowest BCUT2D eigenvalue weighted by molar-refractivity contribution is -0.114. The Morgan fingerprint density at radius 2 is 1.90 bits per heavy atom. The number of carbonyl (C=O) groups is 2. The second-order valence-corrected chi connectivity index (χ2v) is 7.65. The molecular weight excluding hydrogens is 402 g/mol. The summed E-state index contributed by atoms with van der Waals surface area (Å²) >= 11 is 1.22. The SMILES string of the molecule is CC(=O)Nc1ccc(OCCCNCc2cccc(-c3ccc(C(=O)O)s3)n2)cc1. The van der Waals surface area contributed by atoms with Gasteiger partial charge in [-0.1, -0.05) is 6.07 Å². The molecule has 0 spiro atoms. The zero-order valence-corrected chi connectivity index (χ0v) is 17.4. The van der Waals surface area contributed by atoms with E-state index in [1.807, 2.05) is 30.3 Å². The van der Waals surface area contributed by atoms with Crippen LogP contribution in [0, 0.1) is 0 Å². The Balaban J connectivity index is 1.39. The van der Waals surface area contributed by atoms with E-state index in [4.69, 9.17) is 9.84 Å². The van der Waals surface area contributed by atoms with E-state index in [0.717, 1.165) is 40.7 Å². The monoisotopic (exact) mass is 425 g/mol. The van der Waals surface area contributed by atoms with Crippen LogP contribution in [-0.4, -0.2) is 35.1 Å². The van der Waals surface area contributed by atoms with E-state index in [1.165, 1.54) is 18.3 Å². The first kappa shape index (κ1) is 21.5. The molecule has 0 unspecified atom stereocenters. The fourth-order valence-corrected chi connectivity index (χ4v) is 3.56. The first-order valence-corrected chi connectivity index (χ1v) is 10.3. The molecule has 0 aliphatic rings. The van der Waals surface area contributed by atoms with Gasteiger partial charge in [-0.05, 0) is 61.5 Å². The van der Waals surface area contributed by atoms with Gasteiger partial charge in [-0.25, -0.2) is 4.79 Å². The highest BCUT2D eigenvalue weighted by molar-refractivity contribution is 7.17. The third-order valence-corrected chi connectivity index (χ3v) is 5.22. The van der Waals surface area contributed by atoms with E-state index in [2.05, 4.69) is 15.6 Å². The summed E-state index contributed by atoms with van der Waals surface area (Å²) in [5.41, 5.74) is 2.41. The Bertz CT molecular complexity index is 1000. The largest absolute Gasteiger partial charge is 0.494 e. The molecule has 1 amide bonds. The number of thiophene rings is 1. The third-order valence-electron chi connectivity index (χ3n) is 4.12. The average Bonchev–Trinajstić information content (AvgIpc) is 3.22. The molecular formula is C22H23N3O4S. The van der Waals surface area contributed by atoms with E-state index in [0.29, 0.717) is 18.0 Å². The normalized spacial score (nSPS) is 10.6. The summed E-state index contributed by atoms with van der Waals surface area (Å²) in [6.07, 6.45) is 0.833. The molecule has 0 atom stereocenters. The van der Waals surface area contributed by atoms with Gasteiger partial charge in [0, 0.05) is 19.2 Å². The Kier molecular flexibility index (Phi) is 7.53. The number of hydrogen-bond acceptors (Lipinski definition) is 6. The number of amides is 1. The van der Waals surface area contributed by atoms with E-state index in [9.17, 15) is 9.59 Å². The summed E-state index contributed by atoms with van der Waals surface area (Å²) < 4.78 is 5.70. The molecule has 0 aliphatic heterocycles. The smallest absolute Gasteiger partial charge is 0.345 e. The second-order valence-electron chi connectivity index (χ2n) is 6.57. The number of carboxylic acid groups (broad SMARTS) is 1. The standard InChI is InChI=1S/C22H23N3O4S/c1-15(26)24-16-6-8-18(9-7-16)29-13-3-12-23-14-17-4-2-5-19(25-17)20-10-11-21(30-20)22(27)28/h2,4-11,23H,3,12-14H2,1H3,(H,24,26)(H,27,28). The van der Waals surface area contributed by atoms with Crippen LogP contribution in [0.1, 0.15) is 28.7 Å². The van der Waals surface area contributed by atoms with Crippen molar-refractivity contribution in [3.8, 4) is 16.3 Å². The second kappa shape index (κ2) is 10.5. The fraction of sp³-hybridized carbons (Fsp3) is 0.227. The molecule has 3 rings (SSSR count). The van der Waals surface area contributed by atoms with E-state index in [-0.39, 0.29) is 5.91 Å². The Morgan fingerprint density at radius 1 is 1.10 bits per heavy atom. The Labute approximate surface area is 178 Å². The van der Waals surface area contributed by atoms with Gasteiger partial charge in [-0.2, -0.15) is 0 Å². The highest BCUT2D eigenvalue weighted by atomic mass is 32.1. The lowest BCUT2D eigenvalue weighted by atomic mass is 10.2. The van der Waals surface area contributed by atoms with Crippen molar-refractivity contribution in [1.82, 2.24) is 10.3 Å². The minimum absolute atomic E-state index is 0.102. The van der Waals surface area contributed by atoms with Gasteiger partial charge in [0.05, 0.1) is 22.9 Å². The first-order valence-electron chi connectivity index (χ1n) is 9.52. The van der Waals surface area contributed by atoms with E-state index < -0.39 is 5.97 Å². The van der Waals surface area contributed by atoms with Gasteiger partial charge in [-0.15, -0.1) is 11.3 Å². The van der Waals surface area contributed by atoms with Crippen LogP contribution in [0.3, 0.4) is 0 Å². The molecule has 0 fully saturated rings. The van der Waals surface area contributed by atoms with Crippen LogP contribution in [0.5, 0.6) is 5.75 Å². The maximum Gasteiger partial charge on any atom is 0.345 e. The van der Waals surface area contributed by atoms with Crippen LogP contribution in [0.25, 0.3) is 10.6 Å². The van der Waals surface area contributed by atoms with Gasteiger partial charge in [0.15, 0.2) is 0 Å². The van der Waals surface area contributed by atoms with Crippen LogP contribution in [-0.2, 0) is 11.3 Å². The van der Waals surface area contributed by atoms with Gasteiger partial charge in [0.2, 0.25) is 5.91 Å². The number of rotatable bonds is 10. The maximum absolute atomic E-state index is 11.0. The highest BCUT2D eigenvalue weighted by Crippen LogP contribution is 2.26. The van der Waals surface area contributed by atoms with Crippen molar-refractivity contribution < 1.29 is 19.4 Å². The predicted molar refractivity (Wildman–Crippen MR) is 117 cm³/mol. The Hall–Kier alpha value is -3.23. The molecule has 2 aromatic heterocycles. The molecule has 0 radical (unpaired) electrons. The summed E-state index contributed by atoms with van der Waals surface area (Å²) in [5.74, 6) is -0.264. The number of aromatic nitrogens is 1. The number of benzene rings is 1. The molecule has 0 saturated heterocycles. The fourth-order valence-electron chi connectivity index (χ4n) is 2.75. The minimum atomic E-state index is -0.921. The topological polar surface area (TPSA) is 101 Å². The van der Waals surface area contributed by atoms with Gasteiger partial charge in [-0.3, -0.25) is 9.78 Å². The van der Waals surface area contributed by atoms with Gasteiger partial charge in [0.25, 0.3) is 0 Å². The van der Waals surface area contributed by atoms with Crippen LogP contribution in [0.2, 0.25) is 0 Å². The van der Waals surface area contributed by atoms with Crippen LogP contribution < -0.4 is 15.4 Å². The quantitative estimate of drug-likeness (QED) is 0.424. The van der Waals surface area contributed by atoms with Crippen molar-refractivity contribution in [3.05, 3.63) is 65.2 Å². The number of ether oxygens (including phenoxy) is 1. The van der Waals surface area contributed by atoms with Gasteiger partial charge >= 0.3 is 5.97 Å². The molecule has 7 nitrogen and oxygen atoms in total. The van der Waals surface area contributed by atoms with Crippen molar-refractivity contribution in [2.75, 3.05) is 18.5 Å². The van der Waals surface area contributed by atoms with Gasteiger partial charge < -0.3 is 20.5 Å². The zero-order valence-electron chi connectivity index (χ0n) is 16.6. The van der Waals surface area contributed by atoms with Crippen LogP contribution in [0.4, 0.5) is 5.69 Å². The van der Waals surface area contributed by atoms with Gasteiger partial charge in [0.1, 0.15) is 10.6 Å². The summed E-state index contributed by atoms with van der Waals surface area (Å²) in [5, 5.41) is 15.1.